The van der Waals surface area contributed by atoms with Crippen LogP contribution in [0.1, 0.15) is 13.8 Å². The second-order valence-electron chi connectivity index (χ2n) is 4.38. The number of benzene rings is 2. The third-order valence-corrected chi connectivity index (χ3v) is 3.63. The molecule has 100 valence electrons. The molecule has 0 amide bonds. The first-order chi connectivity index (χ1) is 9.13. The van der Waals surface area contributed by atoms with Crippen molar-refractivity contribution in [3.8, 4) is 11.1 Å². The Morgan fingerprint density at radius 3 is 1.79 bits per heavy atom. The Hall–Kier alpha value is -1.18. The predicted molar refractivity (Wildman–Crippen MR) is 85.5 cm³/mol. The van der Waals surface area contributed by atoms with Crippen molar-refractivity contribution in [1.82, 2.24) is 0 Å². The van der Waals surface area contributed by atoms with E-state index in [1.807, 2.05) is 12.1 Å². The van der Waals surface area contributed by atoms with Gasteiger partial charge >= 0.3 is 0 Å². The van der Waals surface area contributed by atoms with Crippen LogP contribution in [0.2, 0.25) is 10.0 Å². The Bertz CT molecular complexity index is 525. The molecule has 0 aliphatic heterocycles. The van der Waals surface area contributed by atoms with Gasteiger partial charge in [0.1, 0.15) is 0 Å². The number of hydrogen-bond donors (Lipinski definition) is 0. The second kappa shape index (κ2) is 6.31. The van der Waals surface area contributed by atoms with Crippen molar-refractivity contribution in [1.29, 1.82) is 0 Å². The van der Waals surface area contributed by atoms with Gasteiger partial charge in [-0.1, -0.05) is 35.3 Å². The normalized spacial score (nSPS) is 10.5. The van der Waals surface area contributed by atoms with Gasteiger partial charge in [-0.2, -0.15) is 0 Å². The molecule has 0 aliphatic rings. The van der Waals surface area contributed by atoms with Crippen molar-refractivity contribution < 1.29 is 0 Å². The Balaban J connectivity index is 2.32. The summed E-state index contributed by atoms with van der Waals surface area (Å²) < 4.78 is 0. The van der Waals surface area contributed by atoms with Crippen LogP contribution in [0.15, 0.2) is 42.5 Å². The topological polar surface area (TPSA) is 3.24 Å². The number of halogens is 2. The molecule has 3 heteroatoms. The lowest BCUT2D eigenvalue weighted by Gasteiger charge is -2.21. The van der Waals surface area contributed by atoms with E-state index in [-0.39, 0.29) is 0 Å². The summed E-state index contributed by atoms with van der Waals surface area (Å²) in [5, 5.41) is 1.32. The minimum Gasteiger partial charge on any atom is -0.372 e. The number of nitrogens with zero attached hydrogens (tertiary/aromatic N) is 1. The van der Waals surface area contributed by atoms with Gasteiger partial charge in [0.15, 0.2) is 0 Å². The lowest BCUT2D eigenvalue weighted by atomic mass is 10.1. The van der Waals surface area contributed by atoms with Gasteiger partial charge in [0.25, 0.3) is 0 Å². The van der Waals surface area contributed by atoms with Gasteiger partial charge in [-0.25, -0.2) is 0 Å². The maximum atomic E-state index is 6.03. The van der Waals surface area contributed by atoms with E-state index in [1.54, 1.807) is 6.07 Å². The molecule has 0 fully saturated rings. The van der Waals surface area contributed by atoms with Crippen LogP contribution < -0.4 is 4.90 Å². The molecule has 0 saturated carbocycles. The van der Waals surface area contributed by atoms with E-state index >= 15 is 0 Å². The lowest BCUT2D eigenvalue weighted by Crippen LogP contribution is -2.21. The Morgan fingerprint density at radius 2 is 1.32 bits per heavy atom. The van der Waals surface area contributed by atoms with Gasteiger partial charge in [0.2, 0.25) is 0 Å². The predicted octanol–water partition coefficient (Wildman–Crippen LogP) is 5.51. The Labute approximate surface area is 124 Å². The van der Waals surface area contributed by atoms with Crippen molar-refractivity contribution >= 4 is 28.9 Å². The maximum Gasteiger partial charge on any atom is 0.0426 e. The van der Waals surface area contributed by atoms with Crippen molar-refractivity contribution in [3.63, 3.8) is 0 Å². The fourth-order valence-corrected chi connectivity index (χ4v) is 2.70. The standard InChI is InChI=1S/C16H17Cl2N/c1-3-19(4-2)16-7-5-12(6-8-16)13-9-14(17)11-15(18)10-13/h5-11H,3-4H2,1-2H3. The smallest absolute Gasteiger partial charge is 0.0426 e. The van der Waals surface area contributed by atoms with Gasteiger partial charge in [0, 0.05) is 28.8 Å². The van der Waals surface area contributed by atoms with Gasteiger partial charge < -0.3 is 4.90 Å². The van der Waals surface area contributed by atoms with Crippen LogP contribution in [0.3, 0.4) is 0 Å². The zero-order valence-corrected chi connectivity index (χ0v) is 12.7. The first-order valence-corrected chi connectivity index (χ1v) is 7.21. The summed E-state index contributed by atoms with van der Waals surface area (Å²) in [5.74, 6) is 0. The minimum atomic E-state index is 0.662. The molecule has 2 aromatic rings. The molecule has 2 aromatic carbocycles. The highest BCUT2D eigenvalue weighted by Gasteiger charge is 2.04. The molecule has 0 saturated heterocycles. The van der Waals surface area contributed by atoms with E-state index in [9.17, 15) is 0 Å². The molecule has 0 aliphatic carbocycles. The quantitative estimate of drug-likeness (QED) is 0.719. The largest absolute Gasteiger partial charge is 0.372 e. The summed E-state index contributed by atoms with van der Waals surface area (Å²) in [6.45, 7) is 6.35. The molecule has 0 heterocycles. The van der Waals surface area contributed by atoms with Gasteiger partial charge in [-0.15, -0.1) is 0 Å². The molecule has 2 rings (SSSR count). The van der Waals surface area contributed by atoms with Gasteiger partial charge in [0.05, 0.1) is 0 Å². The zero-order chi connectivity index (χ0) is 13.8. The summed E-state index contributed by atoms with van der Waals surface area (Å²) in [4.78, 5) is 2.31. The molecule has 19 heavy (non-hydrogen) atoms. The molecule has 1 nitrogen and oxygen atoms in total. The van der Waals surface area contributed by atoms with E-state index in [1.165, 1.54) is 5.69 Å². The Kier molecular flexibility index (Phi) is 4.73. The summed E-state index contributed by atoms with van der Waals surface area (Å²) in [7, 11) is 0. The van der Waals surface area contributed by atoms with Crippen molar-refractivity contribution in [2.75, 3.05) is 18.0 Å². The molecule has 0 N–H and O–H groups in total. The van der Waals surface area contributed by atoms with E-state index in [2.05, 4.69) is 43.0 Å². The van der Waals surface area contributed by atoms with Crippen molar-refractivity contribution in [2.24, 2.45) is 0 Å². The fraction of sp³-hybridized carbons (Fsp3) is 0.250. The van der Waals surface area contributed by atoms with Crippen molar-refractivity contribution in [2.45, 2.75) is 13.8 Å². The number of rotatable bonds is 4. The van der Waals surface area contributed by atoms with E-state index in [0.717, 1.165) is 24.2 Å². The highest BCUT2D eigenvalue weighted by atomic mass is 35.5. The summed E-state index contributed by atoms with van der Waals surface area (Å²) in [6.07, 6.45) is 0. The fourth-order valence-electron chi connectivity index (χ4n) is 2.17. The maximum absolute atomic E-state index is 6.03. The van der Waals surface area contributed by atoms with Crippen LogP contribution in [-0.4, -0.2) is 13.1 Å². The molecule has 0 aromatic heterocycles. The molecule has 0 spiro atoms. The third-order valence-electron chi connectivity index (χ3n) is 3.19. The monoisotopic (exact) mass is 293 g/mol. The average Bonchev–Trinajstić information content (AvgIpc) is 2.40. The molecular weight excluding hydrogens is 277 g/mol. The van der Waals surface area contributed by atoms with Crippen LogP contribution >= 0.6 is 23.2 Å². The highest BCUT2D eigenvalue weighted by Crippen LogP contribution is 2.28. The summed E-state index contributed by atoms with van der Waals surface area (Å²) >= 11 is 12.1. The molecule has 0 radical (unpaired) electrons. The van der Waals surface area contributed by atoms with Gasteiger partial charge in [-0.05, 0) is 55.3 Å². The average molecular weight is 294 g/mol. The van der Waals surface area contributed by atoms with Crippen LogP contribution in [0.4, 0.5) is 5.69 Å². The van der Waals surface area contributed by atoms with E-state index in [4.69, 9.17) is 23.2 Å². The molecular formula is C16H17Cl2N. The molecule has 0 bridgehead atoms. The van der Waals surface area contributed by atoms with Crippen LogP contribution in [0.25, 0.3) is 11.1 Å². The molecule has 0 atom stereocenters. The van der Waals surface area contributed by atoms with Crippen LogP contribution in [0, 0.1) is 0 Å². The highest BCUT2D eigenvalue weighted by molar-refractivity contribution is 6.35. The summed E-state index contributed by atoms with van der Waals surface area (Å²) in [6, 6.07) is 14.1. The lowest BCUT2D eigenvalue weighted by molar-refractivity contribution is 0.866. The number of hydrogen-bond acceptors (Lipinski definition) is 1. The van der Waals surface area contributed by atoms with Gasteiger partial charge in [-0.3, -0.25) is 0 Å². The third kappa shape index (κ3) is 3.43. The number of anilines is 1. The zero-order valence-electron chi connectivity index (χ0n) is 11.2. The first-order valence-electron chi connectivity index (χ1n) is 6.45. The minimum absolute atomic E-state index is 0.662. The SMILES string of the molecule is CCN(CC)c1ccc(-c2cc(Cl)cc(Cl)c2)cc1. The molecule has 0 unspecified atom stereocenters. The van der Waals surface area contributed by atoms with E-state index in [0.29, 0.717) is 10.0 Å². The van der Waals surface area contributed by atoms with E-state index < -0.39 is 0 Å². The second-order valence-corrected chi connectivity index (χ2v) is 5.25. The van der Waals surface area contributed by atoms with Crippen LogP contribution in [-0.2, 0) is 0 Å². The Morgan fingerprint density at radius 1 is 0.789 bits per heavy atom. The van der Waals surface area contributed by atoms with Crippen molar-refractivity contribution in [3.05, 3.63) is 52.5 Å². The summed E-state index contributed by atoms with van der Waals surface area (Å²) in [5.41, 5.74) is 3.41. The first kappa shape index (κ1) is 14.2. The van der Waals surface area contributed by atoms with Crippen LogP contribution in [0.5, 0.6) is 0 Å².